The number of hydrogen-bond donors (Lipinski definition) is 1. The molecule has 0 spiro atoms. The van der Waals surface area contributed by atoms with Crippen LogP contribution in [0.15, 0.2) is 35.7 Å². The number of allylic oxidation sites excluding steroid dienone is 4. The molecule has 0 aliphatic heterocycles. The number of benzene rings is 1. The van der Waals surface area contributed by atoms with Crippen molar-refractivity contribution in [3.05, 3.63) is 41.2 Å². The van der Waals surface area contributed by atoms with Crippen molar-refractivity contribution in [1.82, 2.24) is 0 Å². The van der Waals surface area contributed by atoms with E-state index in [4.69, 9.17) is 4.74 Å². The number of rotatable bonds is 7. The van der Waals surface area contributed by atoms with Gasteiger partial charge in [0, 0.05) is 0 Å². The van der Waals surface area contributed by atoms with Gasteiger partial charge >= 0.3 is 0 Å². The second-order valence-electron chi connectivity index (χ2n) is 9.29. The van der Waals surface area contributed by atoms with Gasteiger partial charge in [-0.25, -0.2) is 0 Å². The molecule has 0 atom stereocenters. The highest BCUT2D eigenvalue weighted by Crippen LogP contribution is 2.64. The Balaban J connectivity index is 1.78. The monoisotopic (exact) mass is 426 g/mol. The third kappa shape index (κ3) is 4.96. The summed E-state index contributed by atoms with van der Waals surface area (Å²) in [5, 5.41) is 12.5. The molecule has 3 aliphatic rings. The quantitative estimate of drug-likeness (QED) is 0.444. The Morgan fingerprint density at radius 3 is 2.27 bits per heavy atom. The van der Waals surface area contributed by atoms with Crippen LogP contribution in [0.4, 0.5) is 0 Å². The Hall–Kier alpha value is -1.27. The molecule has 0 saturated heterocycles. The summed E-state index contributed by atoms with van der Waals surface area (Å²) in [6.07, 6.45) is 22.0. The molecule has 2 fully saturated rings. The van der Waals surface area contributed by atoms with Crippen molar-refractivity contribution in [1.29, 1.82) is 0 Å². The zero-order valence-corrected chi connectivity index (χ0v) is 19.6. The van der Waals surface area contributed by atoms with E-state index in [9.17, 15) is 5.11 Å². The molecule has 3 aliphatic carbocycles. The van der Waals surface area contributed by atoms with E-state index in [1.165, 1.54) is 69.8 Å². The normalized spacial score (nSPS) is 21.4. The molecule has 0 bridgehead atoms. The van der Waals surface area contributed by atoms with Gasteiger partial charge in [0.1, 0.15) is 11.5 Å². The summed E-state index contributed by atoms with van der Waals surface area (Å²) in [5.41, 5.74) is 4.12. The van der Waals surface area contributed by atoms with Gasteiger partial charge in [-0.05, 0) is 79.3 Å². The fourth-order valence-corrected chi connectivity index (χ4v) is 9.75. The van der Waals surface area contributed by atoms with Crippen molar-refractivity contribution >= 4 is 13.5 Å². The Kier molecular flexibility index (Phi) is 7.94. The van der Waals surface area contributed by atoms with Gasteiger partial charge in [0.2, 0.25) is 0 Å². The molecule has 3 heteroatoms. The average molecular weight is 427 g/mol. The van der Waals surface area contributed by atoms with Crippen molar-refractivity contribution in [3.63, 3.8) is 0 Å². The smallest absolute Gasteiger partial charge is 0.130 e. The fraction of sp³-hybridized carbons (Fsp3) is 0.630. The number of aromatic hydroxyl groups is 1. The van der Waals surface area contributed by atoms with Gasteiger partial charge < -0.3 is 9.84 Å². The molecule has 0 heterocycles. The van der Waals surface area contributed by atoms with Crippen LogP contribution in [0.25, 0.3) is 5.57 Å². The van der Waals surface area contributed by atoms with Crippen molar-refractivity contribution < 1.29 is 9.84 Å². The van der Waals surface area contributed by atoms with E-state index in [2.05, 4.69) is 25.1 Å². The van der Waals surface area contributed by atoms with Crippen LogP contribution < -0.4 is 4.74 Å². The molecule has 1 aromatic carbocycles. The second-order valence-corrected chi connectivity index (χ2v) is 12.1. The van der Waals surface area contributed by atoms with Crippen LogP contribution in [-0.2, 0) is 0 Å². The van der Waals surface area contributed by atoms with E-state index in [-0.39, 0.29) is 7.92 Å². The van der Waals surface area contributed by atoms with Gasteiger partial charge in [0.15, 0.2) is 0 Å². The van der Waals surface area contributed by atoms with E-state index in [1.807, 2.05) is 12.1 Å². The minimum atomic E-state index is -0.190. The predicted molar refractivity (Wildman–Crippen MR) is 130 cm³/mol. The predicted octanol–water partition coefficient (Wildman–Crippen LogP) is 8.39. The maximum Gasteiger partial charge on any atom is 0.130 e. The summed E-state index contributed by atoms with van der Waals surface area (Å²) in [6.45, 7) is 2.84. The van der Waals surface area contributed by atoms with E-state index in [0.29, 0.717) is 12.4 Å². The first kappa shape index (κ1) is 21.9. The molecule has 1 aromatic rings. The summed E-state index contributed by atoms with van der Waals surface area (Å²) < 4.78 is 6.13. The van der Waals surface area contributed by atoms with E-state index in [0.717, 1.165) is 41.9 Å². The van der Waals surface area contributed by atoms with Crippen molar-refractivity contribution in [2.24, 2.45) is 0 Å². The SMILES string of the molecule is CCCOc1cccc(O)c1C1=C(P(C2CCCCC2)C2CCCCC2)C=CCC1. The van der Waals surface area contributed by atoms with Gasteiger partial charge in [0.25, 0.3) is 0 Å². The van der Waals surface area contributed by atoms with Crippen molar-refractivity contribution in [3.8, 4) is 11.5 Å². The highest BCUT2D eigenvalue weighted by Gasteiger charge is 2.35. The van der Waals surface area contributed by atoms with Crippen LogP contribution in [0.5, 0.6) is 11.5 Å². The summed E-state index contributed by atoms with van der Waals surface area (Å²) >= 11 is 0. The molecule has 164 valence electrons. The summed E-state index contributed by atoms with van der Waals surface area (Å²) in [5.74, 6) is 1.27. The zero-order chi connectivity index (χ0) is 20.8. The molecular formula is C27H39O2P. The summed E-state index contributed by atoms with van der Waals surface area (Å²) in [7, 11) is -0.190. The lowest BCUT2D eigenvalue weighted by Gasteiger charge is -2.41. The maximum atomic E-state index is 10.9. The Morgan fingerprint density at radius 2 is 1.63 bits per heavy atom. The van der Waals surface area contributed by atoms with Crippen LogP contribution in [0.3, 0.4) is 0 Å². The molecular weight excluding hydrogens is 387 g/mol. The molecule has 0 amide bonds. The molecule has 2 saturated carbocycles. The first-order chi connectivity index (χ1) is 14.8. The van der Waals surface area contributed by atoms with E-state index in [1.54, 1.807) is 5.31 Å². The second kappa shape index (κ2) is 10.9. The zero-order valence-electron chi connectivity index (χ0n) is 18.7. The lowest BCUT2D eigenvalue weighted by molar-refractivity contribution is 0.314. The summed E-state index contributed by atoms with van der Waals surface area (Å²) in [6, 6.07) is 5.82. The number of phenolic OH excluding ortho intramolecular Hbond substituents is 1. The molecule has 30 heavy (non-hydrogen) atoms. The molecule has 0 radical (unpaired) electrons. The minimum Gasteiger partial charge on any atom is -0.507 e. The van der Waals surface area contributed by atoms with Gasteiger partial charge in [-0.2, -0.15) is 0 Å². The van der Waals surface area contributed by atoms with Crippen LogP contribution >= 0.6 is 7.92 Å². The van der Waals surface area contributed by atoms with Crippen molar-refractivity contribution in [2.45, 2.75) is 102 Å². The molecule has 4 rings (SSSR count). The Labute approximate surface area is 184 Å². The van der Waals surface area contributed by atoms with Crippen molar-refractivity contribution in [2.75, 3.05) is 6.61 Å². The first-order valence-electron chi connectivity index (χ1n) is 12.4. The van der Waals surface area contributed by atoms with Crippen LogP contribution in [0.1, 0.15) is 96.0 Å². The molecule has 0 aromatic heterocycles. The van der Waals surface area contributed by atoms with Gasteiger partial charge in [-0.3, -0.25) is 0 Å². The average Bonchev–Trinajstić information content (AvgIpc) is 2.80. The standard InChI is InChI=1S/C27H39O2P/c1-2-20-29-25-18-11-17-24(28)27(25)23-16-9-10-19-26(23)30(21-12-5-3-6-13-21)22-14-7-4-8-15-22/h10-11,17-19,21-22,28H,2-9,12-16,20H2,1H3. The summed E-state index contributed by atoms with van der Waals surface area (Å²) in [4.78, 5) is 0. The van der Waals surface area contributed by atoms with E-state index >= 15 is 0 Å². The Bertz CT molecular complexity index is 736. The van der Waals surface area contributed by atoms with Crippen LogP contribution in [-0.4, -0.2) is 23.0 Å². The third-order valence-corrected chi connectivity index (χ3v) is 10.7. The molecule has 0 unspecified atom stereocenters. The van der Waals surface area contributed by atoms with Gasteiger partial charge in [-0.15, -0.1) is 0 Å². The lowest BCUT2D eigenvalue weighted by Crippen LogP contribution is -2.22. The van der Waals surface area contributed by atoms with Crippen LogP contribution in [0.2, 0.25) is 0 Å². The lowest BCUT2D eigenvalue weighted by atomic mass is 9.95. The third-order valence-electron chi connectivity index (χ3n) is 7.13. The topological polar surface area (TPSA) is 29.5 Å². The highest BCUT2D eigenvalue weighted by atomic mass is 31.1. The number of ether oxygens (including phenoxy) is 1. The maximum absolute atomic E-state index is 10.9. The first-order valence-corrected chi connectivity index (χ1v) is 13.9. The fourth-order valence-electron chi connectivity index (χ4n) is 5.71. The van der Waals surface area contributed by atoms with Gasteiger partial charge in [-0.1, -0.05) is 71.6 Å². The number of phenols is 1. The highest BCUT2D eigenvalue weighted by molar-refractivity contribution is 7.64. The van der Waals surface area contributed by atoms with Gasteiger partial charge in [0.05, 0.1) is 12.2 Å². The largest absolute Gasteiger partial charge is 0.507 e. The number of hydrogen-bond acceptors (Lipinski definition) is 2. The van der Waals surface area contributed by atoms with Crippen LogP contribution in [0, 0.1) is 0 Å². The molecule has 1 N–H and O–H groups in total. The Morgan fingerprint density at radius 1 is 0.967 bits per heavy atom. The minimum absolute atomic E-state index is 0.190. The molecule has 2 nitrogen and oxygen atoms in total. The van der Waals surface area contributed by atoms with E-state index < -0.39 is 0 Å².